The quantitative estimate of drug-likeness (QED) is 0.708. The largest absolute Gasteiger partial charge is 0.352 e. The van der Waals surface area contributed by atoms with Crippen LogP contribution in [0.15, 0.2) is 30.3 Å². The van der Waals surface area contributed by atoms with Crippen LogP contribution < -0.4 is 16.2 Å². The van der Waals surface area contributed by atoms with E-state index in [2.05, 4.69) is 23.1 Å². The van der Waals surface area contributed by atoms with E-state index in [1.165, 1.54) is 19.3 Å². The van der Waals surface area contributed by atoms with Crippen LogP contribution in [0.25, 0.3) is 0 Å². The van der Waals surface area contributed by atoms with Gasteiger partial charge in [-0.15, -0.1) is 0 Å². The maximum absolute atomic E-state index is 13.1. The fourth-order valence-corrected chi connectivity index (χ4v) is 4.07. The molecule has 0 unspecified atom stereocenters. The monoisotopic (exact) mass is 357 g/mol. The average molecular weight is 357 g/mol. The van der Waals surface area contributed by atoms with Crippen molar-refractivity contribution < 1.29 is 9.59 Å². The summed E-state index contributed by atoms with van der Waals surface area (Å²) in [5, 5.41) is 3.26. The summed E-state index contributed by atoms with van der Waals surface area (Å²) in [5.41, 5.74) is 5.81. The van der Waals surface area contributed by atoms with E-state index < -0.39 is 5.54 Å². The molecular formula is C21H31N3O2. The standard InChI is InChI=1S/C21H31N3O2/c1-16-12-14-21(15-13-16,20(26)22-18-10-6-3-7-11-18)24-23-19(25)17-8-4-2-5-9-17/h2,4-5,8-9,16,18,24H,3,6-7,10-15H2,1H3,(H,22,26)(H,23,25). The minimum atomic E-state index is -0.700. The first-order valence-electron chi connectivity index (χ1n) is 10.0. The lowest BCUT2D eigenvalue weighted by Gasteiger charge is -2.40. The van der Waals surface area contributed by atoms with Gasteiger partial charge in [0.1, 0.15) is 5.54 Å². The van der Waals surface area contributed by atoms with Gasteiger partial charge in [-0.3, -0.25) is 15.0 Å². The molecule has 2 fully saturated rings. The molecule has 5 nitrogen and oxygen atoms in total. The molecule has 2 saturated carbocycles. The van der Waals surface area contributed by atoms with Crippen LogP contribution in [0.2, 0.25) is 0 Å². The Morgan fingerprint density at radius 2 is 1.62 bits per heavy atom. The molecule has 1 aromatic carbocycles. The van der Waals surface area contributed by atoms with Gasteiger partial charge in [0.25, 0.3) is 5.91 Å². The zero-order chi connectivity index (χ0) is 18.4. The van der Waals surface area contributed by atoms with Gasteiger partial charge in [-0.2, -0.15) is 0 Å². The molecule has 2 aliphatic rings. The Morgan fingerprint density at radius 3 is 2.27 bits per heavy atom. The van der Waals surface area contributed by atoms with Crippen LogP contribution in [0.3, 0.4) is 0 Å². The summed E-state index contributed by atoms with van der Waals surface area (Å²) in [6, 6.07) is 9.37. The van der Waals surface area contributed by atoms with E-state index in [-0.39, 0.29) is 17.9 Å². The summed E-state index contributed by atoms with van der Waals surface area (Å²) in [7, 11) is 0. The Labute approximate surface area is 156 Å². The van der Waals surface area contributed by atoms with E-state index in [9.17, 15) is 9.59 Å². The Balaban J connectivity index is 1.65. The normalized spacial score (nSPS) is 26.9. The maximum Gasteiger partial charge on any atom is 0.265 e. The van der Waals surface area contributed by atoms with E-state index >= 15 is 0 Å². The lowest BCUT2D eigenvalue weighted by Crippen LogP contribution is -2.64. The van der Waals surface area contributed by atoms with Crippen LogP contribution in [-0.4, -0.2) is 23.4 Å². The molecule has 142 valence electrons. The van der Waals surface area contributed by atoms with E-state index in [4.69, 9.17) is 0 Å². The molecule has 0 aliphatic heterocycles. The minimum Gasteiger partial charge on any atom is -0.352 e. The van der Waals surface area contributed by atoms with Crippen LogP contribution >= 0.6 is 0 Å². The van der Waals surface area contributed by atoms with Crippen LogP contribution in [-0.2, 0) is 4.79 Å². The first kappa shape index (κ1) is 18.9. The van der Waals surface area contributed by atoms with Gasteiger partial charge >= 0.3 is 0 Å². The zero-order valence-electron chi connectivity index (χ0n) is 15.7. The van der Waals surface area contributed by atoms with Crippen molar-refractivity contribution in [2.45, 2.75) is 76.3 Å². The van der Waals surface area contributed by atoms with Gasteiger partial charge in [-0.25, -0.2) is 5.43 Å². The van der Waals surface area contributed by atoms with Crippen LogP contribution in [0, 0.1) is 5.92 Å². The summed E-state index contributed by atoms with van der Waals surface area (Å²) in [5.74, 6) is 0.468. The molecule has 3 rings (SSSR count). The highest BCUT2D eigenvalue weighted by atomic mass is 16.2. The van der Waals surface area contributed by atoms with E-state index in [1.54, 1.807) is 12.1 Å². The molecular weight excluding hydrogens is 326 g/mol. The van der Waals surface area contributed by atoms with Gasteiger partial charge in [0.15, 0.2) is 0 Å². The third-order valence-electron chi connectivity index (χ3n) is 5.95. The Bertz CT molecular complexity index is 603. The minimum absolute atomic E-state index is 0.0460. The van der Waals surface area contributed by atoms with Gasteiger partial charge in [0.2, 0.25) is 5.91 Å². The van der Waals surface area contributed by atoms with Gasteiger partial charge in [-0.1, -0.05) is 44.4 Å². The summed E-state index contributed by atoms with van der Waals surface area (Å²) >= 11 is 0. The molecule has 3 N–H and O–H groups in total. The molecule has 5 heteroatoms. The van der Waals surface area contributed by atoms with Crippen molar-refractivity contribution in [2.75, 3.05) is 0 Å². The number of nitrogens with one attached hydrogen (secondary N) is 3. The highest BCUT2D eigenvalue weighted by Gasteiger charge is 2.42. The maximum atomic E-state index is 13.1. The van der Waals surface area contributed by atoms with Crippen molar-refractivity contribution in [1.82, 2.24) is 16.2 Å². The smallest absolute Gasteiger partial charge is 0.265 e. The van der Waals surface area contributed by atoms with Crippen molar-refractivity contribution in [2.24, 2.45) is 5.92 Å². The number of amides is 2. The predicted molar refractivity (Wildman–Crippen MR) is 102 cm³/mol. The number of rotatable bonds is 5. The summed E-state index contributed by atoms with van der Waals surface area (Å²) < 4.78 is 0. The average Bonchev–Trinajstić information content (AvgIpc) is 2.69. The highest BCUT2D eigenvalue weighted by molar-refractivity contribution is 5.94. The number of hydrogen-bond acceptors (Lipinski definition) is 3. The van der Waals surface area contributed by atoms with Crippen molar-refractivity contribution in [3.63, 3.8) is 0 Å². The van der Waals surface area contributed by atoms with Crippen molar-refractivity contribution >= 4 is 11.8 Å². The van der Waals surface area contributed by atoms with E-state index in [0.29, 0.717) is 11.5 Å². The number of benzene rings is 1. The van der Waals surface area contributed by atoms with Crippen LogP contribution in [0.1, 0.15) is 75.1 Å². The number of hydrazine groups is 1. The van der Waals surface area contributed by atoms with Crippen LogP contribution in [0.5, 0.6) is 0 Å². The summed E-state index contributed by atoms with van der Waals surface area (Å²) in [4.78, 5) is 25.5. The SMILES string of the molecule is CC1CCC(NNC(=O)c2ccccc2)(C(=O)NC2CCCCC2)CC1. The molecule has 2 amide bonds. The van der Waals surface area contributed by atoms with Crippen molar-refractivity contribution in [1.29, 1.82) is 0 Å². The molecule has 0 atom stereocenters. The van der Waals surface area contributed by atoms with Crippen molar-refractivity contribution in [3.05, 3.63) is 35.9 Å². The first-order chi connectivity index (χ1) is 12.6. The van der Waals surface area contributed by atoms with Crippen LogP contribution in [0.4, 0.5) is 0 Å². The Hall–Kier alpha value is -1.88. The Kier molecular flexibility index (Phi) is 6.30. The molecule has 1 aromatic rings. The zero-order valence-corrected chi connectivity index (χ0v) is 15.7. The topological polar surface area (TPSA) is 70.2 Å². The highest BCUT2D eigenvalue weighted by Crippen LogP contribution is 2.32. The Morgan fingerprint density at radius 1 is 0.962 bits per heavy atom. The lowest BCUT2D eigenvalue weighted by atomic mass is 9.76. The molecule has 0 bridgehead atoms. The first-order valence-corrected chi connectivity index (χ1v) is 10.0. The third kappa shape index (κ3) is 4.64. The molecule has 0 saturated heterocycles. The fraction of sp³-hybridized carbons (Fsp3) is 0.619. The second-order valence-electron chi connectivity index (χ2n) is 8.02. The fourth-order valence-electron chi connectivity index (χ4n) is 4.07. The van der Waals surface area contributed by atoms with E-state index in [1.807, 2.05) is 18.2 Å². The second kappa shape index (κ2) is 8.67. The number of carbonyl (C=O) groups is 2. The van der Waals surface area contributed by atoms with Gasteiger partial charge in [0, 0.05) is 11.6 Å². The predicted octanol–water partition coefficient (Wildman–Crippen LogP) is 3.32. The molecule has 0 spiro atoms. The third-order valence-corrected chi connectivity index (χ3v) is 5.95. The van der Waals surface area contributed by atoms with E-state index in [0.717, 1.165) is 38.5 Å². The lowest BCUT2D eigenvalue weighted by molar-refractivity contribution is -0.130. The number of carbonyl (C=O) groups excluding carboxylic acids is 2. The van der Waals surface area contributed by atoms with Gasteiger partial charge in [0.05, 0.1) is 0 Å². The second-order valence-corrected chi connectivity index (χ2v) is 8.02. The number of hydrogen-bond donors (Lipinski definition) is 3. The van der Waals surface area contributed by atoms with Gasteiger partial charge < -0.3 is 5.32 Å². The van der Waals surface area contributed by atoms with Crippen molar-refractivity contribution in [3.8, 4) is 0 Å². The molecule has 0 aromatic heterocycles. The molecule has 0 heterocycles. The summed E-state index contributed by atoms with van der Waals surface area (Å²) in [6.45, 7) is 2.23. The molecule has 26 heavy (non-hydrogen) atoms. The molecule has 2 aliphatic carbocycles. The summed E-state index contributed by atoms with van der Waals surface area (Å²) in [6.07, 6.45) is 9.26. The molecule has 0 radical (unpaired) electrons. The van der Waals surface area contributed by atoms with Gasteiger partial charge in [-0.05, 0) is 56.6 Å².